The maximum Gasteiger partial charge on any atom is 0.270 e. The summed E-state index contributed by atoms with van der Waals surface area (Å²) in [4.78, 5) is 36.1. The molecule has 1 aromatic carbocycles. The number of amides is 1. The van der Waals surface area contributed by atoms with Crippen LogP contribution in [0.1, 0.15) is 41.2 Å². The molecule has 3 N–H and O–H groups in total. The van der Waals surface area contributed by atoms with Gasteiger partial charge in [-0.05, 0) is 49.1 Å². The van der Waals surface area contributed by atoms with Gasteiger partial charge in [0.15, 0.2) is 5.88 Å². The van der Waals surface area contributed by atoms with Crippen molar-refractivity contribution < 1.29 is 14.8 Å². The number of likely N-dealkylation sites (tertiary alicyclic amines) is 1. The van der Waals surface area contributed by atoms with Crippen LogP contribution in [0.4, 0.5) is 5.69 Å². The Bertz CT molecular complexity index is 1290. The fourth-order valence-electron chi connectivity index (χ4n) is 4.44. The number of nitrogens with zero attached hydrogens (tertiary/aromatic N) is 3. The van der Waals surface area contributed by atoms with E-state index in [4.69, 9.17) is 0 Å². The highest BCUT2D eigenvalue weighted by molar-refractivity contribution is 6.00. The van der Waals surface area contributed by atoms with Crippen LogP contribution >= 0.6 is 0 Å². The van der Waals surface area contributed by atoms with Gasteiger partial charge in [0.25, 0.3) is 11.6 Å². The highest BCUT2D eigenvalue weighted by atomic mass is 16.6. The SMILES string of the molecule is O=C(c1ccc(-c2c(O)[nH]c3ccc([N+](=O)[O-])cc23)nc1)N1CCCCC1c1cc[nH]c1. The van der Waals surface area contributed by atoms with Gasteiger partial charge in [0.05, 0.1) is 27.8 Å². The zero-order valence-electron chi connectivity index (χ0n) is 17.1. The molecule has 3 aromatic heterocycles. The van der Waals surface area contributed by atoms with E-state index in [2.05, 4.69) is 15.0 Å². The molecule has 1 amide bonds. The topological polar surface area (TPSA) is 128 Å². The summed E-state index contributed by atoms with van der Waals surface area (Å²) < 4.78 is 0. The van der Waals surface area contributed by atoms with Gasteiger partial charge in [0.1, 0.15) is 0 Å². The van der Waals surface area contributed by atoms with E-state index in [1.54, 1.807) is 18.2 Å². The Morgan fingerprint density at radius 1 is 1.22 bits per heavy atom. The molecule has 0 saturated carbocycles. The van der Waals surface area contributed by atoms with Crippen LogP contribution in [0.3, 0.4) is 0 Å². The number of aromatic nitrogens is 3. The summed E-state index contributed by atoms with van der Waals surface area (Å²) in [6.07, 6.45) is 8.23. The molecule has 0 bridgehead atoms. The second kappa shape index (κ2) is 7.84. The second-order valence-corrected chi connectivity index (χ2v) is 7.92. The lowest BCUT2D eigenvalue weighted by molar-refractivity contribution is -0.384. The Morgan fingerprint density at radius 3 is 2.81 bits per heavy atom. The molecule has 4 heterocycles. The standard InChI is InChI=1S/C23H21N5O4/c29-22-21(17-11-16(28(31)32)5-7-18(17)26-22)19-6-4-15(13-25-19)23(30)27-10-2-1-3-20(27)14-8-9-24-12-14/h4-9,11-13,20,24,26,29H,1-3,10H2. The predicted molar refractivity (Wildman–Crippen MR) is 118 cm³/mol. The molecule has 5 rings (SSSR count). The van der Waals surface area contributed by atoms with Crippen LogP contribution in [0, 0.1) is 10.1 Å². The number of pyridine rings is 1. The minimum atomic E-state index is -0.484. The number of non-ortho nitro benzene ring substituents is 1. The number of carbonyl (C=O) groups excluding carboxylic acids is 1. The molecule has 9 heteroatoms. The van der Waals surface area contributed by atoms with Crippen LogP contribution in [-0.4, -0.2) is 42.3 Å². The molecule has 0 radical (unpaired) electrons. The smallest absolute Gasteiger partial charge is 0.270 e. The first kappa shape index (κ1) is 19.8. The summed E-state index contributed by atoms with van der Waals surface area (Å²) in [5.41, 5.74) is 2.82. The van der Waals surface area contributed by atoms with Crippen LogP contribution in [0.25, 0.3) is 22.2 Å². The molecule has 0 spiro atoms. The number of carbonyl (C=O) groups is 1. The van der Waals surface area contributed by atoms with Gasteiger partial charge in [-0.1, -0.05) is 0 Å². The monoisotopic (exact) mass is 431 g/mol. The number of rotatable bonds is 4. The Morgan fingerprint density at radius 2 is 2.09 bits per heavy atom. The number of nitro groups is 1. The van der Waals surface area contributed by atoms with Gasteiger partial charge in [-0.15, -0.1) is 0 Å². The molecule has 0 aliphatic carbocycles. The Hall–Kier alpha value is -4.14. The number of aromatic amines is 2. The van der Waals surface area contributed by atoms with Crippen LogP contribution < -0.4 is 0 Å². The van der Waals surface area contributed by atoms with Gasteiger partial charge < -0.3 is 20.0 Å². The molecule has 1 atom stereocenters. The summed E-state index contributed by atoms with van der Waals surface area (Å²) in [5, 5.41) is 22.0. The molecule has 9 nitrogen and oxygen atoms in total. The molecule has 1 unspecified atom stereocenters. The van der Waals surface area contributed by atoms with Gasteiger partial charge in [-0.25, -0.2) is 0 Å². The third-order valence-corrected chi connectivity index (χ3v) is 6.01. The quantitative estimate of drug-likeness (QED) is 0.323. The van der Waals surface area contributed by atoms with Crippen molar-refractivity contribution in [3.05, 3.63) is 76.2 Å². The van der Waals surface area contributed by atoms with E-state index >= 15 is 0 Å². The van der Waals surface area contributed by atoms with Gasteiger partial charge in [0.2, 0.25) is 0 Å². The zero-order chi connectivity index (χ0) is 22.2. The first-order valence-electron chi connectivity index (χ1n) is 10.4. The lowest BCUT2D eigenvalue weighted by Gasteiger charge is -2.35. The van der Waals surface area contributed by atoms with Crippen LogP contribution in [0.15, 0.2) is 55.0 Å². The zero-order valence-corrected chi connectivity index (χ0v) is 17.1. The lowest BCUT2D eigenvalue weighted by atomic mass is 9.96. The molecular formula is C23H21N5O4. The Kier molecular flexibility index (Phi) is 4.85. The summed E-state index contributed by atoms with van der Waals surface area (Å²) >= 11 is 0. The molecule has 1 fully saturated rings. The molecule has 1 saturated heterocycles. The summed E-state index contributed by atoms with van der Waals surface area (Å²) in [6, 6.07) is 9.68. The Labute approximate surface area is 182 Å². The number of benzene rings is 1. The largest absolute Gasteiger partial charge is 0.494 e. The first-order valence-corrected chi connectivity index (χ1v) is 10.4. The minimum absolute atomic E-state index is 0.0281. The fourth-order valence-corrected chi connectivity index (χ4v) is 4.44. The van der Waals surface area contributed by atoms with Crippen LogP contribution in [0.2, 0.25) is 0 Å². The van der Waals surface area contributed by atoms with Crippen LogP contribution in [-0.2, 0) is 0 Å². The molecule has 4 aromatic rings. The molecule has 162 valence electrons. The van der Waals surface area contributed by atoms with E-state index < -0.39 is 4.92 Å². The number of piperidine rings is 1. The predicted octanol–water partition coefficient (Wildman–Crippen LogP) is 4.54. The van der Waals surface area contributed by atoms with Crippen molar-refractivity contribution in [3.63, 3.8) is 0 Å². The van der Waals surface area contributed by atoms with E-state index in [1.165, 1.54) is 18.3 Å². The van der Waals surface area contributed by atoms with E-state index in [1.807, 2.05) is 23.4 Å². The third kappa shape index (κ3) is 3.37. The maximum absolute atomic E-state index is 13.2. The molecule has 1 aliphatic heterocycles. The van der Waals surface area contributed by atoms with Gasteiger partial charge in [-0.2, -0.15) is 0 Å². The fraction of sp³-hybridized carbons (Fsp3) is 0.217. The number of hydrogen-bond acceptors (Lipinski definition) is 5. The van der Waals surface area contributed by atoms with Crippen molar-refractivity contribution in [1.29, 1.82) is 0 Å². The maximum atomic E-state index is 13.2. The number of nitrogens with one attached hydrogen (secondary N) is 2. The van der Waals surface area contributed by atoms with Crippen LogP contribution in [0.5, 0.6) is 5.88 Å². The van der Waals surface area contributed by atoms with Crippen molar-refractivity contribution in [2.75, 3.05) is 6.54 Å². The van der Waals surface area contributed by atoms with Crippen molar-refractivity contribution in [2.24, 2.45) is 0 Å². The number of nitro benzene ring substituents is 1. The van der Waals surface area contributed by atoms with Crippen molar-refractivity contribution in [1.82, 2.24) is 19.9 Å². The average molecular weight is 431 g/mol. The highest BCUT2D eigenvalue weighted by Crippen LogP contribution is 2.37. The highest BCUT2D eigenvalue weighted by Gasteiger charge is 2.29. The molecule has 32 heavy (non-hydrogen) atoms. The van der Waals surface area contributed by atoms with E-state index in [9.17, 15) is 20.0 Å². The lowest BCUT2D eigenvalue weighted by Crippen LogP contribution is -2.38. The first-order chi connectivity index (χ1) is 15.5. The normalized spacial score (nSPS) is 16.4. The summed E-state index contributed by atoms with van der Waals surface area (Å²) in [6.45, 7) is 0.684. The average Bonchev–Trinajstić information content (AvgIpc) is 3.45. The van der Waals surface area contributed by atoms with E-state index in [0.29, 0.717) is 34.3 Å². The van der Waals surface area contributed by atoms with Gasteiger partial charge in [0, 0.05) is 48.2 Å². The summed E-state index contributed by atoms with van der Waals surface area (Å²) in [7, 11) is 0. The van der Waals surface area contributed by atoms with Crippen molar-refractivity contribution in [2.45, 2.75) is 25.3 Å². The summed E-state index contributed by atoms with van der Waals surface area (Å²) in [5.74, 6) is -0.218. The van der Waals surface area contributed by atoms with E-state index in [-0.39, 0.29) is 23.5 Å². The number of aromatic hydroxyl groups is 1. The van der Waals surface area contributed by atoms with Crippen molar-refractivity contribution >= 4 is 22.5 Å². The van der Waals surface area contributed by atoms with Crippen molar-refractivity contribution in [3.8, 4) is 17.1 Å². The van der Waals surface area contributed by atoms with Gasteiger partial charge >= 0.3 is 0 Å². The van der Waals surface area contributed by atoms with E-state index in [0.717, 1.165) is 24.8 Å². The third-order valence-electron chi connectivity index (χ3n) is 6.01. The number of hydrogen-bond donors (Lipinski definition) is 3. The second-order valence-electron chi connectivity index (χ2n) is 7.92. The van der Waals surface area contributed by atoms with Gasteiger partial charge in [-0.3, -0.25) is 19.9 Å². The number of H-pyrrole nitrogens is 2. The Balaban J connectivity index is 1.47. The molecule has 1 aliphatic rings. The number of fused-ring (bicyclic) bond motifs is 1. The molecular weight excluding hydrogens is 410 g/mol. The minimum Gasteiger partial charge on any atom is -0.494 e.